The normalized spacial score (nSPS) is 15.3. The second-order valence-corrected chi connectivity index (χ2v) is 6.04. The number of halogens is 1. The number of hydrogen-bond donors (Lipinski definition) is 0. The van der Waals surface area contributed by atoms with Crippen molar-refractivity contribution < 1.29 is 4.39 Å². The smallest absolute Gasteiger partial charge is 0.254 e. The largest absolute Gasteiger partial charge is 0.366 e. The SMILES string of the molecule is Cc1nc2ncnn2c(N2CCN(c3ccccc3F)CC2)c1C. The van der Waals surface area contributed by atoms with Gasteiger partial charge in [-0.15, -0.1) is 0 Å². The summed E-state index contributed by atoms with van der Waals surface area (Å²) in [6.45, 7) is 7.17. The van der Waals surface area contributed by atoms with Crippen LogP contribution in [0, 0.1) is 19.7 Å². The third kappa shape index (κ3) is 2.36. The van der Waals surface area contributed by atoms with Crippen molar-refractivity contribution in [3.8, 4) is 0 Å². The van der Waals surface area contributed by atoms with Crippen LogP contribution in [0.1, 0.15) is 11.3 Å². The first-order valence-corrected chi connectivity index (χ1v) is 8.06. The number of anilines is 2. The fraction of sp³-hybridized carbons (Fsp3) is 0.353. The van der Waals surface area contributed by atoms with E-state index in [9.17, 15) is 4.39 Å². The fourth-order valence-electron chi connectivity index (χ4n) is 3.25. The van der Waals surface area contributed by atoms with Crippen molar-refractivity contribution >= 4 is 17.3 Å². The summed E-state index contributed by atoms with van der Waals surface area (Å²) in [5.74, 6) is 1.48. The molecule has 0 radical (unpaired) electrons. The van der Waals surface area contributed by atoms with Gasteiger partial charge in [0.15, 0.2) is 0 Å². The van der Waals surface area contributed by atoms with E-state index in [2.05, 4.69) is 31.8 Å². The first kappa shape index (κ1) is 14.9. The fourth-order valence-corrected chi connectivity index (χ4v) is 3.25. The number of piperazine rings is 1. The predicted octanol–water partition coefficient (Wildman–Crippen LogP) is 2.21. The molecule has 0 amide bonds. The quantitative estimate of drug-likeness (QED) is 0.723. The van der Waals surface area contributed by atoms with Crippen LogP contribution in [0.15, 0.2) is 30.6 Å². The van der Waals surface area contributed by atoms with Crippen molar-refractivity contribution in [2.75, 3.05) is 36.0 Å². The van der Waals surface area contributed by atoms with Gasteiger partial charge in [0.2, 0.25) is 0 Å². The molecular weight excluding hydrogens is 307 g/mol. The molecule has 1 aromatic carbocycles. The highest BCUT2D eigenvalue weighted by molar-refractivity contribution is 5.56. The molecule has 3 heterocycles. The van der Waals surface area contributed by atoms with Gasteiger partial charge in [0, 0.05) is 37.4 Å². The summed E-state index contributed by atoms with van der Waals surface area (Å²) >= 11 is 0. The van der Waals surface area contributed by atoms with Crippen LogP contribution in [0.25, 0.3) is 5.78 Å². The Morgan fingerprint density at radius 1 is 1.00 bits per heavy atom. The average Bonchev–Trinajstić information content (AvgIpc) is 3.04. The maximum atomic E-state index is 14.0. The Hall–Kier alpha value is -2.70. The van der Waals surface area contributed by atoms with Gasteiger partial charge in [-0.2, -0.15) is 14.6 Å². The predicted molar refractivity (Wildman–Crippen MR) is 91.1 cm³/mol. The molecule has 0 aliphatic carbocycles. The maximum absolute atomic E-state index is 14.0. The summed E-state index contributed by atoms with van der Waals surface area (Å²) < 4.78 is 15.8. The van der Waals surface area contributed by atoms with Gasteiger partial charge < -0.3 is 9.80 Å². The van der Waals surface area contributed by atoms with Crippen LogP contribution >= 0.6 is 0 Å². The minimum atomic E-state index is -0.166. The van der Waals surface area contributed by atoms with E-state index in [1.165, 1.54) is 12.4 Å². The van der Waals surface area contributed by atoms with Gasteiger partial charge in [0.1, 0.15) is 18.0 Å². The summed E-state index contributed by atoms with van der Waals surface area (Å²) in [6, 6.07) is 6.94. The molecule has 1 aliphatic rings. The molecule has 6 nitrogen and oxygen atoms in total. The van der Waals surface area contributed by atoms with E-state index in [4.69, 9.17) is 0 Å². The average molecular weight is 326 g/mol. The highest BCUT2D eigenvalue weighted by Crippen LogP contribution is 2.26. The second kappa shape index (κ2) is 5.74. The summed E-state index contributed by atoms with van der Waals surface area (Å²) in [6.07, 6.45) is 1.53. The van der Waals surface area contributed by atoms with Crippen molar-refractivity contribution in [2.24, 2.45) is 0 Å². The molecule has 0 spiro atoms. The molecule has 1 saturated heterocycles. The van der Waals surface area contributed by atoms with Gasteiger partial charge >= 0.3 is 0 Å². The van der Waals surface area contributed by atoms with Crippen molar-refractivity contribution in [1.82, 2.24) is 19.6 Å². The molecule has 4 rings (SSSR count). The van der Waals surface area contributed by atoms with Crippen LogP contribution in [0.4, 0.5) is 15.9 Å². The van der Waals surface area contributed by atoms with Gasteiger partial charge in [-0.1, -0.05) is 12.1 Å². The zero-order chi connectivity index (χ0) is 16.7. The Balaban J connectivity index is 1.62. The Labute approximate surface area is 139 Å². The molecule has 1 fully saturated rings. The minimum Gasteiger partial charge on any atom is -0.366 e. The molecule has 2 aromatic heterocycles. The minimum absolute atomic E-state index is 0.166. The highest BCUT2D eigenvalue weighted by Gasteiger charge is 2.23. The summed E-state index contributed by atoms with van der Waals surface area (Å²) in [4.78, 5) is 13.0. The zero-order valence-electron chi connectivity index (χ0n) is 13.8. The van der Waals surface area contributed by atoms with Crippen LogP contribution in [0.2, 0.25) is 0 Å². The first-order valence-electron chi connectivity index (χ1n) is 8.06. The van der Waals surface area contributed by atoms with Crippen LogP contribution in [0.5, 0.6) is 0 Å². The highest BCUT2D eigenvalue weighted by atomic mass is 19.1. The first-order chi connectivity index (χ1) is 11.6. The van der Waals surface area contributed by atoms with E-state index < -0.39 is 0 Å². The lowest BCUT2D eigenvalue weighted by molar-refractivity contribution is 0.593. The second-order valence-electron chi connectivity index (χ2n) is 6.04. The Bertz CT molecular complexity index is 882. The number of nitrogens with zero attached hydrogens (tertiary/aromatic N) is 6. The number of aromatic nitrogens is 4. The van der Waals surface area contributed by atoms with E-state index in [1.807, 2.05) is 19.1 Å². The van der Waals surface area contributed by atoms with Crippen LogP contribution in [0.3, 0.4) is 0 Å². The van der Waals surface area contributed by atoms with E-state index in [0.29, 0.717) is 11.5 Å². The molecule has 0 atom stereocenters. The van der Waals surface area contributed by atoms with Crippen molar-refractivity contribution in [3.63, 3.8) is 0 Å². The maximum Gasteiger partial charge on any atom is 0.254 e. The third-order valence-electron chi connectivity index (χ3n) is 4.65. The van der Waals surface area contributed by atoms with E-state index >= 15 is 0 Å². The summed E-state index contributed by atoms with van der Waals surface area (Å²) in [5, 5.41) is 4.31. The molecular formula is C17H19FN6. The molecule has 124 valence electrons. The molecule has 0 N–H and O–H groups in total. The van der Waals surface area contributed by atoms with Gasteiger partial charge in [-0.3, -0.25) is 0 Å². The van der Waals surface area contributed by atoms with Crippen molar-refractivity contribution in [3.05, 3.63) is 47.7 Å². The van der Waals surface area contributed by atoms with Gasteiger partial charge in [-0.25, -0.2) is 9.37 Å². The van der Waals surface area contributed by atoms with Gasteiger partial charge in [0.05, 0.1) is 5.69 Å². The number of fused-ring (bicyclic) bond motifs is 1. The lowest BCUT2D eigenvalue weighted by atomic mass is 10.2. The topological polar surface area (TPSA) is 49.6 Å². The number of rotatable bonds is 2. The summed E-state index contributed by atoms with van der Waals surface area (Å²) in [7, 11) is 0. The standard InChI is InChI=1S/C17H19FN6/c1-12-13(2)21-17-19-11-20-24(17)16(12)23-9-7-22(8-10-23)15-6-4-3-5-14(15)18/h3-6,11H,7-10H2,1-2H3. The summed E-state index contributed by atoms with van der Waals surface area (Å²) in [5.41, 5.74) is 2.74. The molecule has 7 heteroatoms. The molecule has 0 bridgehead atoms. The number of aryl methyl sites for hydroxylation is 1. The monoisotopic (exact) mass is 326 g/mol. The van der Waals surface area contributed by atoms with E-state index in [0.717, 1.165) is 43.3 Å². The van der Waals surface area contributed by atoms with Crippen molar-refractivity contribution in [2.45, 2.75) is 13.8 Å². The van der Waals surface area contributed by atoms with Crippen molar-refractivity contribution in [1.29, 1.82) is 0 Å². The molecule has 24 heavy (non-hydrogen) atoms. The van der Waals surface area contributed by atoms with Gasteiger partial charge in [0.25, 0.3) is 5.78 Å². The van der Waals surface area contributed by atoms with Crippen LogP contribution in [-0.4, -0.2) is 45.8 Å². The molecule has 0 unspecified atom stereocenters. The molecule has 3 aromatic rings. The number of para-hydroxylation sites is 1. The number of benzene rings is 1. The molecule has 1 aliphatic heterocycles. The Morgan fingerprint density at radius 3 is 2.46 bits per heavy atom. The zero-order valence-corrected chi connectivity index (χ0v) is 13.8. The van der Waals surface area contributed by atoms with Crippen LogP contribution < -0.4 is 9.80 Å². The third-order valence-corrected chi connectivity index (χ3v) is 4.65. The Kier molecular flexibility index (Phi) is 3.55. The number of hydrogen-bond acceptors (Lipinski definition) is 5. The lowest BCUT2D eigenvalue weighted by Gasteiger charge is -2.37. The van der Waals surface area contributed by atoms with Gasteiger partial charge in [-0.05, 0) is 26.0 Å². The van der Waals surface area contributed by atoms with Crippen LogP contribution in [-0.2, 0) is 0 Å². The lowest BCUT2D eigenvalue weighted by Crippen LogP contribution is -2.47. The Morgan fingerprint density at radius 2 is 1.71 bits per heavy atom. The van der Waals surface area contributed by atoms with E-state index in [-0.39, 0.29) is 5.82 Å². The molecule has 0 saturated carbocycles. The van der Waals surface area contributed by atoms with E-state index in [1.54, 1.807) is 10.6 Å².